The summed E-state index contributed by atoms with van der Waals surface area (Å²) in [5, 5.41) is 14.7. The fraction of sp³-hybridized carbons (Fsp3) is 0.467. The van der Waals surface area contributed by atoms with Gasteiger partial charge in [-0.1, -0.05) is 19.1 Å². The summed E-state index contributed by atoms with van der Waals surface area (Å²) < 4.78 is 0. The van der Waals surface area contributed by atoms with Crippen LogP contribution in [0.2, 0.25) is 0 Å². The number of rotatable bonds is 6. The standard InChI is InChI=1S/C15H21N3O/c1-4-15(2,3)18-14(19)11-17-10-13-7-5-12(9-16)6-8-13/h5-8,17H,4,10-11H2,1-3H3,(H,18,19). The highest BCUT2D eigenvalue weighted by Gasteiger charge is 2.16. The maximum atomic E-state index is 11.7. The van der Waals surface area contributed by atoms with Crippen molar-refractivity contribution in [2.24, 2.45) is 0 Å². The van der Waals surface area contributed by atoms with Gasteiger partial charge in [-0.25, -0.2) is 0 Å². The zero-order chi connectivity index (χ0) is 14.3. The molecule has 1 rings (SSSR count). The molecule has 0 atom stereocenters. The van der Waals surface area contributed by atoms with Gasteiger partial charge >= 0.3 is 0 Å². The van der Waals surface area contributed by atoms with Gasteiger partial charge in [0.05, 0.1) is 18.2 Å². The molecule has 0 fully saturated rings. The third-order valence-electron chi connectivity index (χ3n) is 3.06. The molecule has 1 aromatic carbocycles. The second-order valence-corrected chi connectivity index (χ2v) is 5.20. The molecule has 0 aliphatic rings. The van der Waals surface area contributed by atoms with E-state index in [1.165, 1.54) is 0 Å². The second kappa shape index (κ2) is 6.91. The molecule has 0 saturated carbocycles. The lowest BCUT2D eigenvalue weighted by Gasteiger charge is -2.24. The molecule has 0 aliphatic carbocycles. The Labute approximate surface area is 114 Å². The summed E-state index contributed by atoms with van der Waals surface area (Å²) in [6, 6.07) is 9.40. The van der Waals surface area contributed by atoms with E-state index < -0.39 is 0 Å². The van der Waals surface area contributed by atoms with Gasteiger partial charge in [0.2, 0.25) is 5.91 Å². The lowest BCUT2D eigenvalue weighted by molar-refractivity contribution is -0.121. The predicted octanol–water partition coefficient (Wildman–Crippen LogP) is 1.95. The highest BCUT2D eigenvalue weighted by Crippen LogP contribution is 2.06. The fourth-order valence-corrected chi connectivity index (χ4v) is 1.53. The van der Waals surface area contributed by atoms with Crippen molar-refractivity contribution in [1.29, 1.82) is 5.26 Å². The van der Waals surface area contributed by atoms with Gasteiger partial charge in [-0.3, -0.25) is 4.79 Å². The number of hydrogen-bond donors (Lipinski definition) is 2. The second-order valence-electron chi connectivity index (χ2n) is 5.20. The molecular formula is C15H21N3O. The van der Waals surface area contributed by atoms with Crippen LogP contribution in [0.5, 0.6) is 0 Å². The topological polar surface area (TPSA) is 64.9 Å². The van der Waals surface area contributed by atoms with Crippen LogP contribution in [0.1, 0.15) is 38.3 Å². The van der Waals surface area contributed by atoms with Crippen molar-refractivity contribution in [3.8, 4) is 6.07 Å². The molecule has 2 N–H and O–H groups in total. The molecule has 102 valence electrons. The third-order valence-corrected chi connectivity index (χ3v) is 3.06. The van der Waals surface area contributed by atoms with E-state index in [1.54, 1.807) is 12.1 Å². The van der Waals surface area contributed by atoms with Gasteiger partial charge in [-0.15, -0.1) is 0 Å². The summed E-state index contributed by atoms with van der Waals surface area (Å²) in [6.07, 6.45) is 0.897. The van der Waals surface area contributed by atoms with Crippen LogP contribution in [0, 0.1) is 11.3 Å². The highest BCUT2D eigenvalue weighted by molar-refractivity contribution is 5.78. The first-order valence-corrected chi connectivity index (χ1v) is 6.47. The fourth-order valence-electron chi connectivity index (χ4n) is 1.53. The number of nitrogens with zero attached hydrogens (tertiary/aromatic N) is 1. The van der Waals surface area contributed by atoms with Crippen molar-refractivity contribution in [3.63, 3.8) is 0 Å². The van der Waals surface area contributed by atoms with Crippen molar-refractivity contribution >= 4 is 5.91 Å². The van der Waals surface area contributed by atoms with Crippen LogP contribution >= 0.6 is 0 Å². The number of hydrogen-bond acceptors (Lipinski definition) is 3. The SMILES string of the molecule is CCC(C)(C)NC(=O)CNCc1ccc(C#N)cc1. The van der Waals surface area contributed by atoms with Crippen LogP contribution in [0.15, 0.2) is 24.3 Å². The Morgan fingerprint density at radius 3 is 2.47 bits per heavy atom. The highest BCUT2D eigenvalue weighted by atomic mass is 16.2. The summed E-state index contributed by atoms with van der Waals surface area (Å²) in [5.74, 6) is 0.000458. The maximum absolute atomic E-state index is 11.7. The van der Waals surface area contributed by atoms with Gasteiger partial charge < -0.3 is 10.6 Å². The molecule has 4 heteroatoms. The Morgan fingerprint density at radius 1 is 1.32 bits per heavy atom. The number of carbonyl (C=O) groups excluding carboxylic acids is 1. The number of carbonyl (C=O) groups is 1. The van der Waals surface area contributed by atoms with Crippen LogP contribution in [-0.2, 0) is 11.3 Å². The van der Waals surface area contributed by atoms with E-state index in [9.17, 15) is 4.79 Å². The Kier molecular flexibility index (Phi) is 5.53. The Balaban J connectivity index is 2.34. The molecule has 0 spiro atoms. The smallest absolute Gasteiger partial charge is 0.234 e. The van der Waals surface area contributed by atoms with Crippen molar-refractivity contribution < 1.29 is 4.79 Å². The summed E-state index contributed by atoms with van der Waals surface area (Å²) in [7, 11) is 0. The molecule has 0 bridgehead atoms. The third kappa shape index (κ3) is 5.54. The quantitative estimate of drug-likeness (QED) is 0.820. The molecule has 0 heterocycles. The molecule has 1 aromatic rings. The molecule has 0 saturated heterocycles. The summed E-state index contributed by atoms with van der Waals surface area (Å²) in [6.45, 7) is 6.97. The number of nitriles is 1. The molecule has 4 nitrogen and oxygen atoms in total. The number of amides is 1. The van der Waals surface area contributed by atoms with E-state index in [2.05, 4.69) is 16.7 Å². The molecule has 0 aliphatic heterocycles. The first-order chi connectivity index (χ1) is 8.96. The van der Waals surface area contributed by atoms with Gasteiger partial charge in [0.15, 0.2) is 0 Å². The average molecular weight is 259 g/mol. The lowest BCUT2D eigenvalue weighted by Crippen LogP contribution is -2.46. The van der Waals surface area contributed by atoms with E-state index in [-0.39, 0.29) is 11.4 Å². The predicted molar refractivity (Wildman–Crippen MR) is 75.4 cm³/mol. The summed E-state index contributed by atoms with van der Waals surface area (Å²) in [5.41, 5.74) is 1.54. The Bertz CT molecular complexity index is 457. The Hall–Kier alpha value is -1.86. The van der Waals surface area contributed by atoms with E-state index in [0.717, 1.165) is 12.0 Å². The van der Waals surface area contributed by atoms with E-state index >= 15 is 0 Å². The maximum Gasteiger partial charge on any atom is 0.234 e. The van der Waals surface area contributed by atoms with Crippen LogP contribution < -0.4 is 10.6 Å². The monoisotopic (exact) mass is 259 g/mol. The molecule has 19 heavy (non-hydrogen) atoms. The normalized spacial score (nSPS) is 10.8. The first-order valence-electron chi connectivity index (χ1n) is 6.47. The van der Waals surface area contributed by atoms with Crippen LogP contribution in [-0.4, -0.2) is 18.0 Å². The molecule has 0 aromatic heterocycles. The lowest BCUT2D eigenvalue weighted by atomic mass is 10.0. The molecule has 1 amide bonds. The zero-order valence-corrected chi connectivity index (χ0v) is 11.8. The Morgan fingerprint density at radius 2 is 1.95 bits per heavy atom. The van der Waals surface area contributed by atoms with Gasteiger partial charge in [-0.05, 0) is 38.0 Å². The van der Waals surface area contributed by atoms with Crippen LogP contribution in [0.4, 0.5) is 0 Å². The van der Waals surface area contributed by atoms with Gasteiger partial charge in [0, 0.05) is 12.1 Å². The molecule has 0 unspecified atom stereocenters. The zero-order valence-electron chi connectivity index (χ0n) is 11.8. The van der Waals surface area contributed by atoms with Gasteiger partial charge in [0.25, 0.3) is 0 Å². The van der Waals surface area contributed by atoms with Gasteiger partial charge in [0.1, 0.15) is 0 Å². The number of nitrogens with one attached hydrogen (secondary N) is 2. The van der Waals surface area contributed by atoms with E-state index in [0.29, 0.717) is 18.7 Å². The van der Waals surface area contributed by atoms with Crippen LogP contribution in [0.25, 0.3) is 0 Å². The number of benzene rings is 1. The first kappa shape index (κ1) is 15.2. The van der Waals surface area contributed by atoms with Crippen molar-refractivity contribution in [3.05, 3.63) is 35.4 Å². The van der Waals surface area contributed by atoms with E-state index in [1.807, 2.05) is 32.9 Å². The molecule has 0 radical (unpaired) electrons. The minimum Gasteiger partial charge on any atom is -0.350 e. The van der Waals surface area contributed by atoms with E-state index in [4.69, 9.17) is 5.26 Å². The largest absolute Gasteiger partial charge is 0.350 e. The minimum absolute atomic E-state index is 0.000458. The van der Waals surface area contributed by atoms with Crippen molar-refractivity contribution in [2.75, 3.05) is 6.54 Å². The average Bonchev–Trinajstić information content (AvgIpc) is 2.39. The van der Waals surface area contributed by atoms with Crippen molar-refractivity contribution in [1.82, 2.24) is 10.6 Å². The summed E-state index contributed by atoms with van der Waals surface area (Å²) in [4.78, 5) is 11.7. The minimum atomic E-state index is -0.160. The van der Waals surface area contributed by atoms with Crippen molar-refractivity contribution in [2.45, 2.75) is 39.3 Å². The summed E-state index contributed by atoms with van der Waals surface area (Å²) >= 11 is 0. The molecular weight excluding hydrogens is 238 g/mol. The van der Waals surface area contributed by atoms with Crippen LogP contribution in [0.3, 0.4) is 0 Å². The van der Waals surface area contributed by atoms with Gasteiger partial charge in [-0.2, -0.15) is 5.26 Å².